The van der Waals surface area contributed by atoms with Crippen molar-refractivity contribution >= 4 is 29.2 Å². The van der Waals surface area contributed by atoms with Gasteiger partial charge in [-0.15, -0.1) is 0 Å². The molecule has 15 heteroatoms. The fraction of sp³-hybridized carbons (Fsp3) is 0.400. The van der Waals surface area contributed by atoms with Crippen LogP contribution in [0.2, 0.25) is 0 Å². The van der Waals surface area contributed by atoms with Gasteiger partial charge in [-0.3, -0.25) is 14.4 Å². The standard InChI is InChI=1S/C38H42N8O6.C2H6O/c1-4-11-45(37(49)35(21(2)3)42-20-47)18-32-40-16-27(43-32)23-7-9-24-26-19-51-30-13-22(8-10-25(30)34(26)38(50)52-31(24)14-23)28-17-41-36(44-28)29-6-5-12-46(29)33(48)15-39;1-3-2/h7-10,13-14,16-17,20-21,29,35H,4-6,11-12,15,18-19,39H2,1-3H3,(H,40,43)(H,41,44)(H,42,47);1-2H3. The lowest BCUT2D eigenvalue weighted by atomic mass is 9.94. The largest absolute Gasteiger partial charge is 0.488 e. The lowest BCUT2D eigenvalue weighted by Crippen LogP contribution is -2.49. The summed E-state index contributed by atoms with van der Waals surface area (Å²) >= 11 is 0. The molecule has 3 amide bonds. The second kappa shape index (κ2) is 17.1. The first-order chi connectivity index (χ1) is 26.6. The van der Waals surface area contributed by atoms with Crippen molar-refractivity contribution in [3.05, 3.63) is 76.4 Å². The summed E-state index contributed by atoms with van der Waals surface area (Å²) < 4.78 is 16.4. The number of rotatable bonds is 12. The first kappa shape index (κ1) is 38.9. The summed E-state index contributed by atoms with van der Waals surface area (Å²) in [6.45, 7) is 7.35. The number of aromatic amines is 2. The predicted molar refractivity (Wildman–Crippen MR) is 207 cm³/mol. The zero-order valence-electron chi connectivity index (χ0n) is 31.8. The van der Waals surface area contributed by atoms with E-state index in [1.165, 1.54) is 0 Å². The molecule has 15 nitrogen and oxygen atoms in total. The molecule has 0 bridgehead atoms. The molecule has 55 heavy (non-hydrogen) atoms. The van der Waals surface area contributed by atoms with Crippen LogP contribution >= 0.6 is 0 Å². The van der Waals surface area contributed by atoms with Gasteiger partial charge in [0.2, 0.25) is 18.2 Å². The Kier molecular flexibility index (Phi) is 12.1. The number of nitrogens with one attached hydrogen (secondary N) is 3. The molecule has 5 heterocycles. The summed E-state index contributed by atoms with van der Waals surface area (Å²) in [7, 11) is 3.25. The summed E-state index contributed by atoms with van der Waals surface area (Å²) in [6, 6.07) is 10.5. The second-order valence-corrected chi connectivity index (χ2v) is 14.0. The van der Waals surface area contributed by atoms with Crippen LogP contribution in [0, 0.1) is 5.92 Å². The lowest BCUT2D eigenvalue weighted by molar-refractivity contribution is -0.136. The van der Waals surface area contributed by atoms with E-state index < -0.39 is 11.7 Å². The Hall–Kier alpha value is -5.80. The number of aromatic nitrogens is 4. The van der Waals surface area contributed by atoms with Crippen LogP contribution in [0.15, 0.2) is 58.0 Å². The van der Waals surface area contributed by atoms with Crippen LogP contribution in [0.25, 0.3) is 44.6 Å². The zero-order valence-corrected chi connectivity index (χ0v) is 31.8. The number of H-pyrrole nitrogens is 2. The van der Waals surface area contributed by atoms with Gasteiger partial charge in [-0.1, -0.05) is 39.0 Å². The molecule has 0 saturated carbocycles. The number of hydrogen-bond acceptors (Lipinski definition) is 10. The van der Waals surface area contributed by atoms with E-state index in [4.69, 9.17) is 14.9 Å². The number of amides is 3. The number of likely N-dealkylation sites (tertiary alicyclic amines) is 1. The van der Waals surface area contributed by atoms with E-state index in [0.717, 1.165) is 47.0 Å². The Morgan fingerprint density at radius 1 is 1.11 bits per heavy atom. The quantitative estimate of drug-likeness (QED) is 0.104. The summed E-state index contributed by atoms with van der Waals surface area (Å²) in [5.74, 6) is 1.54. The third-order valence-corrected chi connectivity index (χ3v) is 9.87. The van der Waals surface area contributed by atoms with Crippen molar-refractivity contribution in [1.29, 1.82) is 0 Å². The van der Waals surface area contributed by atoms with E-state index in [-0.39, 0.29) is 43.5 Å². The molecular weight excluding hydrogens is 704 g/mol. The highest BCUT2D eigenvalue weighted by Crippen LogP contribution is 2.41. The smallest absolute Gasteiger partial charge is 0.344 e. The highest BCUT2D eigenvalue weighted by Gasteiger charge is 2.32. The molecule has 0 radical (unpaired) electrons. The Labute approximate surface area is 318 Å². The second-order valence-electron chi connectivity index (χ2n) is 14.0. The van der Waals surface area contributed by atoms with Crippen molar-refractivity contribution in [2.75, 3.05) is 33.9 Å². The summed E-state index contributed by atoms with van der Waals surface area (Å²) in [5, 5.41) is 3.41. The fourth-order valence-electron chi connectivity index (χ4n) is 7.27. The van der Waals surface area contributed by atoms with E-state index in [2.05, 4.69) is 30.0 Å². The minimum atomic E-state index is -0.626. The number of fused-ring (bicyclic) bond motifs is 5. The van der Waals surface area contributed by atoms with Gasteiger partial charge in [0.05, 0.1) is 48.5 Å². The third kappa shape index (κ3) is 8.03. The molecule has 290 valence electrons. The molecule has 1 fully saturated rings. The number of hydrogen-bond donors (Lipinski definition) is 4. The molecule has 2 atom stereocenters. The minimum Gasteiger partial charge on any atom is -0.488 e. The molecule has 7 rings (SSSR count). The first-order valence-electron chi connectivity index (χ1n) is 18.5. The number of carbonyl (C=O) groups excluding carboxylic acids is 3. The molecular formula is C40H48N8O7. The van der Waals surface area contributed by atoms with E-state index >= 15 is 0 Å². The van der Waals surface area contributed by atoms with Crippen LogP contribution in [0.4, 0.5) is 0 Å². The summed E-state index contributed by atoms with van der Waals surface area (Å²) in [4.78, 5) is 69.6. The Balaban J connectivity index is 0.00000166. The fourth-order valence-corrected chi connectivity index (χ4v) is 7.27. The maximum atomic E-state index is 13.5. The molecule has 0 spiro atoms. The Morgan fingerprint density at radius 3 is 2.56 bits per heavy atom. The van der Waals surface area contributed by atoms with E-state index in [9.17, 15) is 19.2 Å². The average Bonchev–Trinajstić information content (AvgIpc) is 3.98. The minimum absolute atomic E-state index is 0.0332. The summed E-state index contributed by atoms with van der Waals surface area (Å²) in [5.41, 5.74) is 10.5. The molecule has 3 aromatic heterocycles. The molecule has 2 aliphatic heterocycles. The highest BCUT2D eigenvalue weighted by atomic mass is 16.5. The van der Waals surface area contributed by atoms with Crippen LogP contribution in [-0.2, 0) is 32.3 Å². The van der Waals surface area contributed by atoms with Crippen LogP contribution in [0.5, 0.6) is 5.75 Å². The molecule has 2 unspecified atom stereocenters. The van der Waals surface area contributed by atoms with Crippen LogP contribution in [0.3, 0.4) is 0 Å². The van der Waals surface area contributed by atoms with Gasteiger partial charge in [-0.25, -0.2) is 14.8 Å². The number of ether oxygens (including phenoxy) is 2. The van der Waals surface area contributed by atoms with Crippen LogP contribution in [-0.4, -0.2) is 87.9 Å². The van der Waals surface area contributed by atoms with Crippen molar-refractivity contribution < 1.29 is 28.3 Å². The van der Waals surface area contributed by atoms with Crippen molar-refractivity contribution in [3.8, 4) is 39.4 Å². The number of benzene rings is 2. The van der Waals surface area contributed by atoms with Crippen molar-refractivity contribution in [1.82, 2.24) is 35.1 Å². The lowest BCUT2D eigenvalue weighted by Gasteiger charge is -2.28. The molecule has 2 aliphatic rings. The van der Waals surface area contributed by atoms with E-state index in [1.807, 2.05) is 51.1 Å². The van der Waals surface area contributed by atoms with Gasteiger partial charge in [0.25, 0.3) is 0 Å². The van der Waals surface area contributed by atoms with Crippen molar-refractivity contribution in [3.63, 3.8) is 0 Å². The Morgan fingerprint density at radius 2 is 1.84 bits per heavy atom. The predicted octanol–water partition coefficient (Wildman–Crippen LogP) is 4.53. The number of imidazole rings is 2. The van der Waals surface area contributed by atoms with Crippen molar-refractivity contribution in [2.24, 2.45) is 11.7 Å². The molecule has 1 saturated heterocycles. The maximum absolute atomic E-state index is 13.5. The Bertz CT molecular complexity index is 2220. The number of nitrogens with zero attached hydrogens (tertiary/aromatic N) is 4. The van der Waals surface area contributed by atoms with Gasteiger partial charge < -0.3 is 44.7 Å². The van der Waals surface area contributed by atoms with Gasteiger partial charge in [0.15, 0.2) is 0 Å². The summed E-state index contributed by atoms with van der Waals surface area (Å²) in [6.07, 6.45) is 6.46. The molecule has 0 aliphatic carbocycles. The number of methoxy groups -OCH3 is 1. The maximum Gasteiger partial charge on any atom is 0.344 e. The van der Waals surface area contributed by atoms with Gasteiger partial charge in [-0.05, 0) is 43.4 Å². The monoisotopic (exact) mass is 752 g/mol. The normalized spacial score (nSPS) is 15.1. The van der Waals surface area contributed by atoms with Crippen LogP contribution < -0.4 is 21.4 Å². The number of carbonyl (C=O) groups is 3. The topological polar surface area (TPSA) is 202 Å². The van der Waals surface area contributed by atoms with E-state index in [1.54, 1.807) is 42.5 Å². The first-order valence-corrected chi connectivity index (χ1v) is 18.5. The van der Waals surface area contributed by atoms with Crippen LogP contribution in [0.1, 0.15) is 63.3 Å². The number of nitrogens with two attached hydrogens (primary N) is 1. The average molecular weight is 753 g/mol. The highest BCUT2D eigenvalue weighted by molar-refractivity contribution is 5.92. The zero-order chi connectivity index (χ0) is 39.2. The molecule has 2 aromatic carbocycles. The van der Waals surface area contributed by atoms with E-state index in [0.29, 0.717) is 59.3 Å². The van der Waals surface area contributed by atoms with Gasteiger partial charge in [0, 0.05) is 54.9 Å². The molecule has 5 N–H and O–H groups in total. The van der Waals surface area contributed by atoms with Gasteiger partial charge in [0.1, 0.15) is 35.6 Å². The van der Waals surface area contributed by atoms with Gasteiger partial charge in [-0.2, -0.15) is 0 Å². The van der Waals surface area contributed by atoms with Crippen molar-refractivity contribution in [2.45, 2.75) is 65.3 Å². The molecule has 5 aromatic rings. The SMILES string of the molecule is CCCN(Cc1ncc(-c2ccc3c4c(c(=O)oc3c2)-c2ccc(-c3cnc(C5CCCN5C(=O)CN)[nH]3)cc2OC4)[nH]1)C(=O)C(NC=O)C(C)C.COC. The van der Waals surface area contributed by atoms with Gasteiger partial charge >= 0.3 is 5.63 Å². The third-order valence-electron chi connectivity index (χ3n) is 9.87.